The van der Waals surface area contributed by atoms with Gasteiger partial charge in [-0.15, -0.1) is 0 Å². The van der Waals surface area contributed by atoms with Gasteiger partial charge in [0.15, 0.2) is 0 Å². The van der Waals surface area contributed by atoms with Crippen molar-refractivity contribution in [3.63, 3.8) is 0 Å². The number of thioether (sulfide) groups is 1. The monoisotopic (exact) mass is 330 g/mol. The molecule has 0 atom stereocenters. The third-order valence-electron chi connectivity index (χ3n) is 4.34. The number of aliphatic hydroxyl groups excluding tert-OH is 1. The van der Waals surface area contributed by atoms with Crippen LogP contribution in [-0.4, -0.2) is 23.2 Å². The molecule has 0 bridgehead atoms. The standard InChI is InChI=1S/C20H42OS/c1-2-3-4-5-6-10-13-16-19-22-20-17-14-11-8-7-9-12-15-18-21/h21H,2-20H2,1H3. The minimum atomic E-state index is 0.371. The molecule has 0 aliphatic carbocycles. The molecule has 0 heterocycles. The van der Waals surface area contributed by atoms with Gasteiger partial charge in [0, 0.05) is 6.61 Å². The van der Waals surface area contributed by atoms with Gasteiger partial charge in [0.2, 0.25) is 0 Å². The van der Waals surface area contributed by atoms with Gasteiger partial charge >= 0.3 is 0 Å². The smallest absolute Gasteiger partial charge is 0.0431 e. The fourth-order valence-corrected chi connectivity index (χ4v) is 3.84. The molecule has 0 saturated carbocycles. The van der Waals surface area contributed by atoms with E-state index in [0.717, 1.165) is 6.42 Å². The molecule has 0 fully saturated rings. The van der Waals surface area contributed by atoms with Crippen molar-refractivity contribution in [2.45, 2.75) is 110 Å². The average molecular weight is 331 g/mol. The van der Waals surface area contributed by atoms with Crippen LogP contribution in [0.1, 0.15) is 110 Å². The summed E-state index contributed by atoms with van der Waals surface area (Å²) in [7, 11) is 0. The van der Waals surface area contributed by atoms with Crippen molar-refractivity contribution in [1.29, 1.82) is 0 Å². The Morgan fingerprint density at radius 3 is 1.27 bits per heavy atom. The Kier molecular flexibility index (Phi) is 21.6. The van der Waals surface area contributed by atoms with Crippen LogP contribution in [0.15, 0.2) is 0 Å². The van der Waals surface area contributed by atoms with Crippen LogP contribution in [0.3, 0.4) is 0 Å². The fraction of sp³-hybridized carbons (Fsp3) is 1.00. The Morgan fingerprint density at radius 1 is 0.500 bits per heavy atom. The maximum atomic E-state index is 8.70. The summed E-state index contributed by atoms with van der Waals surface area (Å²) >= 11 is 2.17. The first kappa shape index (κ1) is 22.3. The Bertz CT molecular complexity index is 165. The lowest BCUT2D eigenvalue weighted by molar-refractivity contribution is 0.282. The minimum absolute atomic E-state index is 0.371. The number of hydrogen-bond acceptors (Lipinski definition) is 2. The molecule has 22 heavy (non-hydrogen) atoms. The van der Waals surface area contributed by atoms with Gasteiger partial charge in [-0.1, -0.05) is 90.4 Å². The van der Waals surface area contributed by atoms with Crippen molar-refractivity contribution in [2.75, 3.05) is 18.1 Å². The highest BCUT2D eigenvalue weighted by atomic mass is 32.2. The van der Waals surface area contributed by atoms with E-state index >= 15 is 0 Å². The van der Waals surface area contributed by atoms with Crippen molar-refractivity contribution in [3.8, 4) is 0 Å². The molecule has 0 aromatic heterocycles. The molecule has 0 rings (SSSR count). The van der Waals surface area contributed by atoms with Gasteiger partial charge in [-0.05, 0) is 30.8 Å². The first-order chi connectivity index (χ1) is 10.9. The van der Waals surface area contributed by atoms with Gasteiger partial charge < -0.3 is 5.11 Å². The summed E-state index contributed by atoms with van der Waals surface area (Å²) in [5.74, 6) is 2.76. The van der Waals surface area contributed by atoms with Gasteiger partial charge in [0.25, 0.3) is 0 Å². The second kappa shape index (κ2) is 21.3. The lowest BCUT2D eigenvalue weighted by atomic mass is 10.1. The van der Waals surface area contributed by atoms with Crippen LogP contribution < -0.4 is 0 Å². The van der Waals surface area contributed by atoms with E-state index in [-0.39, 0.29) is 0 Å². The molecule has 0 aromatic carbocycles. The number of hydrogen-bond donors (Lipinski definition) is 1. The Balaban J connectivity index is 2.91. The summed E-state index contributed by atoms with van der Waals surface area (Å²) in [6.45, 7) is 2.66. The predicted molar refractivity (Wildman–Crippen MR) is 104 cm³/mol. The molecule has 1 N–H and O–H groups in total. The second-order valence-corrected chi connectivity index (χ2v) is 7.86. The third-order valence-corrected chi connectivity index (χ3v) is 5.49. The summed E-state index contributed by atoms with van der Waals surface area (Å²) < 4.78 is 0. The van der Waals surface area contributed by atoms with E-state index in [0.29, 0.717) is 6.61 Å². The Hall–Kier alpha value is 0.310. The molecule has 0 unspecified atom stereocenters. The van der Waals surface area contributed by atoms with E-state index in [4.69, 9.17) is 5.11 Å². The van der Waals surface area contributed by atoms with Crippen LogP contribution in [-0.2, 0) is 0 Å². The van der Waals surface area contributed by atoms with Crippen LogP contribution in [0.25, 0.3) is 0 Å². The molecule has 0 spiro atoms. The second-order valence-electron chi connectivity index (χ2n) is 6.64. The molecular formula is C20H42OS. The first-order valence-electron chi connectivity index (χ1n) is 10.1. The topological polar surface area (TPSA) is 20.2 Å². The van der Waals surface area contributed by atoms with Crippen LogP contribution in [0, 0.1) is 0 Å². The van der Waals surface area contributed by atoms with Crippen molar-refractivity contribution in [3.05, 3.63) is 0 Å². The normalized spacial score (nSPS) is 11.2. The molecule has 0 amide bonds. The van der Waals surface area contributed by atoms with Crippen molar-refractivity contribution < 1.29 is 5.11 Å². The van der Waals surface area contributed by atoms with Gasteiger partial charge in [-0.25, -0.2) is 0 Å². The number of unbranched alkanes of at least 4 members (excludes halogenated alkanes) is 14. The zero-order valence-corrected chi connectivity index (χ0v) is 16.1. The van der Waals surface area contributed by atoms with E-state index in [2.05, 4.69) is 18.7 Å². The van der Waals surface area contributed by atoms with Crippen LogP contribution >= 0.6 is 11.8 Å². The lowest BCUT2D eigenvalue weighted by Crippen LogP contribution is -1.87. The molecule has 0 aliphatic heterocycles. The minimum Gasteiger partial charge on any atom is -0.396 e. The zero-order valence-electron chi connectivity index (χ0n) is 15.3. The first-order valence-corrected chi connectivity index (χ1v) is 11.3. The molecule has 0 aromatic rings. The summed E-state index contributed by atoms with van der Waals surface area (Å²) in [5, 5.41) is 8.70. The molecule has 2 heteroatoms. The molecular weight excluding hydrogens is 288 g/mol. The van der Waals surface area contributed by atoms with Gasteiger partial charge in [0.1, 0.15) is 0 Å². The summed E-state index contributed by atoms with van der Waals surface area (Å²) in [4.78, 5) is 0. The molecule has 1 nitrogen and oxygen atoms in total. The highest BCUT2D eigenvalue weighted by Gasteiger charge is 1.95. The van der Waals surface area contributed by atoms with Crippen molar-refractivity contribution in [2.24, 2.45) is 0 Å². The number of aliphatic hydroxyl groups is 1. The van der Waals surface area contributed by atoms with E-state index in [1.54, 1.807) is 0 Å². The summed E-state index contributed by atoms with van der Waals surface area (Å²) in [6.07, 6.45) is 22.0. The van der Waals surface area contributed by atoms with Crippen molar-refractivity contribution in [1.82, 2.24) is 0 Å². The maximum absolute atomic E-state index is 8.70. The van der Waals surface area contributed by atoms with Crippen molar-refractivity contribution >= 4 is 11.8 Å². The SMILES string of the molecule is CCCCCCCCCCSCCCCCCCCCCO. The zero-order chi connectivity index (χ0) is 16.1. The summed E-state index contributed by atoms with van der Waals surface area (Å²) in [6, 6.07) is 0. The highest BCUT2D eigenvalue weighted by molar-refractivity contribution is 7.99. The van der Waals surface area contributed by atoms with Gasteiger partial charge in [-0.3, -0.25) is 0 Å². The Labute approximate surface area is 145 Å². The lowest BCUT2D eigenvalue weighted by Gasteiger charge is -2.03. The quantitative estimate of drug-likeness (QED) is 0.258. The van der Waals surface area contributed by atoms with E-state index in [1.165, 1.54) is 108 Å². The molecule has 134 valence electrons. The van der Waals surface area contributed by atoms with Gasteiger partial charge in [0.05, 0.1) is 0 Å². The number of rotatable bonds is 19. The maximum Gasteiger partial charge on any atom is 0.0431 e. The largest absolute Gasteiger partial charge is 0.396 e. The van der Waals surface area contributed by atoms with Gasteiger partial charge in [-0.2, -0.15) is 11.8 Å². The van der Waals surface area contributed by atoms with Crippen LogP contribution in [0.5, 0.6) is 0 Å². The average Bonchev–Trinajstić information content (AvgIpc) is 2.54. The summed E-state index contributed by atoms with van der Waals surface area (Å²) in [5.41, 5.74) is 0. The van der Waals surface area contributed by atoms with E-state index < -0.39 is 0 Å². The Morgan fingerprint density at radius 2 is 0.864 bits per heavy atom. The highest BCUT2D eigenvalue weighted by Crippen LogP contribution is 2.14. The molecule has 0 aliphatic rings. The van der Waals surface area contributed by atoms with Crippen LogP contribution in [0.2, 0.25) is 0 Å². The molecule has 0 radical (unpaired) electrons. The fourth-order valence-electron chi connectivity index (χ4n) is 2.82. The van der Waals surface area contributed by atoms with E-state index in [9.17, 15) is 0 Å². The third kappa shape index (κ3) is 20.3. The van der Waals surface area contributed by atoms with Crippen LogP contribution in [0.4, 0.5) is 0 Å². The predicted octanol–water partition coefficient (Wildman–Crippen LogP) is 6.97. The van der Waals surface area contributed by atoms with E-state index in [1.807, 2.05) is 0 Å². The molecule has 0 saturated heterocycles.